The molecule has 1 aromatic carbocycles. The standard InChI is InChI=1S/C15H22N2O3/c1-4-12-8-17(10(3)18)13-7-11(15(19)9(2)16)5-6-14(13)20-12/h5-7,9,12,15,19H,4,8,16H2,1-3H3. The molecule has 1 aromatic rings. The first-order valence-electron chi connectivity index (χ1n) is 6.96. The average Bonchev–Trinajstić information content (AvgIpc) is 2.44. The van der Waals surface area contributed by atoms with E-state index in [2.05, 4.69) is 0 Å². The number of hydrogen-bond acceptors (Lipinski definition) is 4. The van der Waals surface area contributed by atoms with Gasteiger partial charge in [-0.3, -0.25) is 4.79 Å². The number of nitrogens with zero attached hydrogens (tertiary/aromatic N) is 1. The van der Waals surface area contributed by atoms with Gasteiger partial charge in [0.2, 0.25) is 5.91 Å². The van der Waals surface area contributed by atoms with E-state index >= 15 is 0 Å². The van der Waals surface area contributed by atoms with Crippen LogP contribution in [-0.4, -0.2) is 29.7 Å². The molecule has 2 rings (SSSR count). The summed E-state index contributed by atoms with van der Waals surface area (Å²) in [4.78, 5) is 13.5. The Morgan fingerprint density at radius 1 is 1.60 bits per heavy atom. The zero-order chi connectivity index (χ0) is 14.9. The Morgan fingerprint density at radius 2 is 2.30 bits per heavy atom. The van der Waals surface area contributed by atoms with E-state index in [0.717, 1.165) is 6.42 Å². The lowest BCUT2D eigenvalue weighted by Gasteiger charge is -2.34. The molecule has 20 heavy (non-hydrogen) atoms. The number of fused-ring (bicyclic) bond motifs is 1. The zero-order valence-corrected chi connectivity index (χ0v) is 12.2. The SMILES string of the molecule is CCC1CN(C(C)=O)c2cc(C(O)C(C)N)ccc2O1. The maximum absolute atomic E-state index is 11.8. The van der Waals surface area contributed by atoms with Crippen LogP contribution >= 0.6 is 0 Å². The van der Waals surface area contributed by atoms with Crippen molar-refractivity contribution in [3.63, 3.8) is 0 Å². The predicted molar refractivity (Wildman–Crippen MR) is 77.8 cm³/mol. The van der Waals surface area contributed by atoms with Crippen LogP contribution in [0.1, 0.15) is 38.9 Å². The summed E-state index contributed by atoms with van der Waals surface area (Å²) in [5, 5.41) is 10.1. The normalized spacial score (nSPS) is 20.9. The summed E-state index contributed by atoms with van der Waals surface area (Å²) in [5.41, 5.74) is 7.13. The first-order chi connectivity index (χ1) is 9.43. The van der Waals surface area contributed by atoms with Crippen LogP contribution in [-0.2, 0) is 4.79 Å². The fourth-order valence-corrected chi connectivity index (χ4v) is 2.36. The molecule has 5 nitrogen and oxygen atoms in total. The topological polar surface area (TPSA) is 75.8 Å². The third-order valence-electron chi connectivity index (χ3n) is 3.63. The molecule has 5 heteroatoms. The molecule has 0 fully saturated rings. The van der Waals surface area contributed by atoms with Crippen LogP contribution in [0.25, 0.3) is 0 Å². The minimum Gasteiger partial charge on any atom is -0.486 e. The van der Waals surface area contributed by atoms with Crippen molar-refractivity contribution in [2.24, 2.45) is 5.73 Å². The van der Waals surface area contributed by atoms with E-state index in [9.17, 15) is 9.90 Å². The molecule has 0 bridgehead atoms. The van der Waals surface area contributed by atoms with Crippen LogP contribution in [0.2, 0.25) is 0 Å². The quantitative estimate of drug-likeness (QED) is 0.880. The molecular weight excluding hydrogens is 256 g/mol. The molecule has 3 N–H and O–H groups in total. The maximum Gasteiger partial charge on any atom is 0.224 e. The molecule has 110 valence electrons. The third kappa shape index (κ3) is 2.78. The molecule has 1 amide bonds. The molecule has 0 saturated carbocycles. The van der Waals surface area contributed by atoms with Gasteiger partial charge in [-0.15, -0.1) is 0 Å². The number of carbonyl (C=O) groups excluding carboxylic acids is 1. The summed E-state index contributed by atoms with van der Waals surface area (Å²) in [6, 6.07) is 5.01. The van der Waals surface area contributed by atoms with Gasteiger partial charge in [0.15, 0.2) is 0 Å². The van der Waals surface area contributed by atoms with E-state index in [1.54, 1.807) is 30.0 Å². The van der Waals surface area contributed by atoms with Gasteiger partial charge < -0.3 is 20.5 Å². The van der Waals surface area contributed by atoms with Crippen molar-refractivity contribution in [2.75, 3.05) is 11.4 Å². The molecule has 1 aliphatic rings. The van der Waals surface area contributed by atoms with Crippen LogP contribution in [0.5, 0.6) is 5.75 Å². The molecule has 1 aliphatic heterocycles. The van der Waals surface area contributed by atoms with Gasteiger partial charge in [-0.2, -0.15) is 0 Å². The number of amides is 1. The van der Waals surface area contributed by atoms with Gasteiger partial charge in [0.05, 0.1) is 18.3 Å². The molecule has 0 aliphatic carbocycles. The van der Waals surface area contributed by atoms with E-state index in [1.165, 1.54) is 6.92 Å². The van der Waals surface area contributed by atoms with E-state index < -0.39 is 6.10 Å². The lowest BCUT2D eigenvalue weighted by atomic mass is 10.0. The lowest BCUT2D eigenvalue weighted by molar-refractivity contribution is -0.117. The summed E-state index contributed by atoms with van der Waals surface area (Å²) in [7, 11) is 0. The molecular formula is C15H22N2O3. The second-order valence-electron chi connectivity index (χ2n) is 5.31. The number of aliphatic hydroxyl groups is 1. The smallest absolute Gasteiger partial charge is 0.224 e. The molecule has 3 atom stereocenters. The summed E-state index contributed by atoms with van der Waals surface area (Å²) >= 11 is 0. The van der Waals surface area contributed by atoms with Crippen molar-refractivity contribution in [1.29, 1.82) is 0 Å². The van der Waals surface area contributed by atoms with Crippen LogP contribution in [0.4, 0.5) is 5.69 Å². The fourth-order valence-electron chi connectivity index (χ4n) is 2.36. The van der Waals surface area contributed by atoms with E-state index in [1.807, 2.05) is 6.92 Å². The number of hydrogen-bond donors (Lipinski definition) is 2. The molecule has 0 spiro atoms. The minimum absolute atomic E-state index is 0.00982. The average molecular weight is 278 g/mol. The monoisotopic (exact) mass is 278 g/mol. The fraction of sp³-hybridized carbons (Fsp3) is 0.533. The van der Waals surface area contributed by atoms with E-state index in [0.29, 0.717) is 23.5 Å². The molecule has 0 radical (unpaired) electrons. The molecule has 0 saturated heterocycles. The van der Waals surface area contributed by atoms with Crippen molar-refractivity contribution in [2.45, 2.75) is 45.4 Å². The minimum atomic E-state index is -0.752. The van der Waals surface area contributed by atoms with Crippen molar-refractivity contribution in [1.82, 2.24) is 0 Å². The van der Waals surface area contributed by atoms with Crippen LogP contribution in [0.15, 0.2) is 18.2 Å². The lowest BCUT2D eigenvalue weighted by Crippen LogP contribution is -2.42. The van der Waals surface area contributed by atoms with Crippen LogP contribution < -0.4 is 15.4 Å². The summed E-state index contributed by atoms with van der Waals surface area (Å²) in [6.07, 6.45) is 0.0987. The first kappa shape index (κ1) is 14.8. The van der Waals surface area contributed by atoms with Gasteiger partial charge in [-0.05, 0) is 31.0 Å². The van der Waals surface area contributed by atoms with Gasteiger partial charge >= 0.3 is 0 Å². The summed E-state index contributed by atoms with van der Waals surface area (Å²) < 4.78 is 5.85. The van der Waals surface area contributed by atoms with Gasteiger partial charge in [0, 0.05) is 13.0 Å². The Labute approximate surface area is 119 Å². The molecule has 0 aromatic heterocycles. The van der Waals surface area contributed by atoms with Crippen molar-refractivity contribution >= 4 is 11.6 Å². The highest BCUT2D eigenvalue weighted by atomic mass is 16.5. The Kier molecular flexibility index (Phi) is 4.30. The number of anilines is 1. The van der Waals surface area contributed by atoms with Crippen molar-refractivity contribution in [3.8, 4) is 5.75 Å². The Hall–Kier alpha value is -1.59. The molecule has 3 unspecified atom stereocenters. The van der Waals surface area contributed by atoms with Crippen LogP contribution in [0.3, 0.4) is 0 Å². The summed E-state index contributed by atoms with van der Waals surface area (Å²) in [5.74, 6) is 0.652. The van der Waals surface area contributed by atoms with Gasteiger partial charge in [0.25, 0.3) is 0 Å². The van der Waals surface area contributed by atoms with E-state index in [4.69, 9.17) is 10.5 Å². The Bertz CT molecular complexity index is 502. The summed E-state index contributed by atoms with van der Waals surface area (Å²) in [6.45, 7) is 5.85. The number of nitrogens with two attached hydrogens (primary N) is 1. The number of rotatable bonds is 3. The highest BCUT2D eigenvalue weighted by Crippen LogP contribution is 2.36. The number of ether oxygens (including phenoxy) is 1. The van der Waals surface area contributed by atoms with Crippen molar-refractivity contribution < 1.29 is 14.6 Å². The third-order valence-corrected chi connectivity index (χ3v) is 3.63. The highest BCUT2D eigenvalue weighted by molar-refractivity contribution is 5.93. The van der Waals surface area contributed by atoms with Gasteiger partial charge in [-0.25, -0.2) is 0 Å². The second kappa shape index (κ2) is 5.81. The first-order valence-corrected chi connectivity index (χ1v) is 6.96. The van der Waals surface area contributed by atoms with Crippen LogP contribution in [0, 0.1) is 0 Å². The van der Waals surface area contributed by atoms with Gasteiger partial charge in [0.1, 0.15) is 11.9 Å². The maximum atomic E-state index is 11.8. The number of aliphatic hydroxyl groups excluding tert-OH is 1. The van der Waals surface area contributed by atoms with E-state index in [-0.39, 0.29) is 18.1 Å². The Morgan fingerprint density at radius 3 is 2.85 bits per heavy atom. The number of carbonyl (C=O) groups is 1. The van der Waals surface area contributed by atoms with Gasteiger partial charge in [-0.1, -0.05) is 13.0 Å². The molecule has 1 heterocycles. The highest BCUT2D eigenvalue weighted by Gasteiger charge is 2.28. The number of benzene rings is 1. The second-order valence-corrected chi connectivity index (χ2v) is 5.31. The largest absolute Gasteiger partial charge is 0.486 e. The van der Waals surface area contributed by atoms with Crippen molar-refractivity contribution in [3.05, 3.63) is 23.8 Å². The Balaban J connectivity index is 2.40. The predicted octanol–water partition coefficient (Wildman–Crippen LogP) is 1.59. The zero-order valence-electron chi connectivity index (χ0n) is 12.2.